The number of anilines is 1. The molecule has 0 fully saturated rings. The highest BCUT2D eigenvalue weighted by Crippen LogP contribution is 2.30. The minimum Gasteiger partial charge on any atom is -0.497 e. The van der Waals surface area contributed by atoms with Crippen LogP contribution in [0.5, 0.6) is 5.75 Å². The molecule has 0 atom stereocenters. The van der Waals surface area contributed by atoms with Crippen molar-refractivity contribution in [3.8, 4) is 28.5 Å². The van der Waals surface area contributed by atoms with E-state index in [1.807, 2.05) is 0 Å². The molecular weight excluding hydrogens is 376 g/mol. The maximum Gasteiger partial charge on any atom is 0.343 e. The van der Waals surface area contributed by atoms with Crippen molar-refractivity contribution < 1.29 is 19.2 Å². The van der Waals surface area contributed by atoms with E-state index >= 15 is 0 Å². The fourth-order valence-electron chi connectivity index (χ4n) is 2.72. The topological polar surface area (TPSA) is 139 Å². The second kappa shape index (κ2) is 7.80. The quantitative estimate of drug-likeness (QED) is 0.433. The van der Waals surface area contributed by atoms with Crippen molar-refractivity contribution >= 4 is 11.8 Å². The van der Waals surface area contributed by atoms with Gasteiger partial charge in [-0.3, -0.25) is 10.1 Å². The summed E-state index contributed by atoms with van der Waals surface area (Å²) >= 11 is 0. The summed E-state index contributed by atoms with van der Waals surface area (Å²) < 4.78 is 10.4. The zero-order chi connectivity index (χ0) is 20.2. The van der Waals surface area contributed by atoms with Crippen LogP contribution in [-0.2, 0) is 6.54 Å². The Morgan fingerprint density at radius 3 is 2.62 bits per heavy atom. The number of benzene rings is 1. The number of nitrogens with one attached hydrogen (secondary N) is 2. The summed E-state index contributed by atoms with van der Waals surface area (Å²) in [4.78, 5) is 20.1. The van der Waals surface area contributed by atoms with Gasteiger partial charge in [-0.15, -0.1) is 0 Å². The van der Waals surface area contributed by atoms with E-state index in [4.69, 9.17) is 9.26 Å². The standard InChI is InChI=1S/C19H16N6O4/c1-28-13-4-2-11(3-5-13)16-15(19(26)27)18(25-29-16)21-10-14-22-17(24-23-14)12-6-8-20-9-7-12/h2-9H,10H2,1H3,(H,21,25)(H,26,27)(H,22,23,24). The molecule has 3 aromatic heterocycles. The summed E-state index contributed by atoms with van der Waals surface area (Å²) in [5, 5.41) is 23.4. The van der Waals surface area contributed by atoms with Gasteiger partial charge in [-0.05, 0) is 36.4 Å². The molecule has 146 valence electrons. The highest BCUT2D eigenvalue weighted by molar-refractivity contribution is 5.99. The summed E-state index contributed by atoms with van der Waals surface area (Å²) in [5.74, 6) is 0.778. The number of rotatable bonds is 7. The van der Waals surface area contributed by atoms with Crippen molar-refractivity contribution in [1.29, 1.82) is 0 Å². The van der Waals surface area contributed by atoms with Crippen LogP contribution in [0.4, 0.5) is 5.82 Å². The number of hydrogen-bond donors (Lipinski definition) is 3. The van der Waals surface area contributed by atoms with Gasteiger partial charge in [0.1, 0.15) is 11.6 Å². The number of carboxylic acid groups (broad SMARTS) is 1. The van der Waals surface area contributed by atoms with Gasteiger partial charge in [0.2, 0.25) is 0 Å². The molecule has 4 rings (SSSR count). The van der Waals surface area contributed by atoms with Crippen molar-refractivity contribution in [2.24, 2.45) is 0 Å². The first-order valence-electron chi connectivity index (χ1n) is 8.58. The molecular formula is C19H16N6O4. The first-order chi connectivity index (χ1) is 14.2. The predicted octanol–water partition coefficient (Wildman–Crippen LogP) is 2.84. The van der Waals surface area contributed by atoms with Crippen molar-refractivity contribution in [3.63, 3.8) is 0 Å². The lowest BCUT2D eigenvalue weighted by molar-refractivity contribution is 0.0698. The van der Waals surface area contributed by atoms with Gasteiger partial charge < -0.3 is 19.7 Å². The lowest BCUT2D eigenvalue weighted by Gasteiger charge is -2.03. The first kappa shape index (κ1) is 18.2. The molecule has 3 N–H and O–H groups in total. The molecule has 0 amide bonds. The number of aromatic nitrogens is 5. The fraction of sp³-hybridized carbons (Fsp3) is 0.105. The van der Waals surface area contributed by atoms with Crippen LogP contribution in [0.25, 0.3) is 22.7 Å². The molecule has 0 bridgehead atoms. The minimum atomic E-state index is -1.16. The Bertz CT molecular complexity index is 1120. The third kappa shape index (κ3) is 3.76. The molecule has 10 nitrogen and oxygen atoms in total. The molecule has 1 aromatic carbocycles. The molecule has 29 heavy (non-hydrogen) atoms. The molecule has 0 aliphatic heterocycles. The monoisotopic (exact) mass is 392 g/mol. The fourth-order valence-corrected chi connectivity index (χ4v) is 2.72. The Morgan fingerprint density at radius 1 is 1.17 bits per heavy atom. The van der Waals surface area contributed by atoms with Crippen LogP contribution in [0, 0.1) is 0 Å². The largest absolute Gasteiger partial charge is 0.497 e. The summed E-state index contributed by atoms with van der Waals surface area (Å²) in [6.07, 6.45) is 3.30. The Hall–Kier alpha value is -4.21. The SMILES string of the molecule is COc1ccc(-c2onc(NCc3nc(-c4ccncc4)n[nH]3)c2C(=O)O)cc1. The highest BCUT2D eigenvalue weighted by atomic mass is 16.5. The molecule has 0 unspecified atom stereocenters. The average Bonchev–Trinajstić information content (AvgIpc) is 3.40. The molecule has 0 aliphatic rings. The van der Waals surface area contributed by atoms with E-state index in [1.165, 1.54) is 0 Å². The second-order valence-corrected chi connectivity index (χ2v) is 5.96. The number of hydrogen-bond acceptors (Lipinski definition) is 8. The Labute approximate surface area is 164 Å². The molecule has 0 saturated carbocycles. The number of pyridine rings is 1. The lowest BCUT2D eigenvalue weighted by atomic mass is 10.1. The molecule has 10 heteroatoms. The van der Waals surface area contributed by atoms with E-state index < -0.39 is 5.97 Å². The predicted molar refractivity (Wildman–Crippen MR) is 102 cm³/mol. The van der Waals surface area contributed by atoms with Gasteiger partial charge in [0.05, 0.1) is 13.7 Å². The zero-order valence-electron chi connectivity index (χ0n) is 15.3. The van der Waals surface area contributed by atoms with Crippen molar-refractivity contribution in [3.05, 3.63) is 60.2 Å². The van der Waals surface area contributed by atoms with E-state index in [0.717, 1.165) is 5.56 Å². The highest BCUT2D eigenvalue weighted by Gasteiger charge is 2.24. The van der Waals surface area contributed by atoms with Crippen LogP contribution in [0.2, 0.25) is 0 Å². The summed E-state index contributed by atoms with van der Waals surface area (Å²) in [7, 11) is 1.55. The van der Waals surface area contributed by atoms with Gasteiger partial charge in [-0.1, -0.05) is 5.16 Å². The van der Waals surface area contributed by atoms with Crippen molar-refractivity contribution in [2.45, 2.75) is 6.54 Å². The maximum absolute atomic E-state index is 11.8. The van der Waals surface area contributed by atoms with Crippen LogP contribution < -0.4 is 10.1 Å². The number of carboxylic acids is 1. The number of ether oxygens (including phenoxy) is 1. The molecule has 0 spiro atoms. The van der Waals surface area contributed by atoms with Gasteiger partial charge in [0.25, 0.3) is 0 Å². The van der Waals surface area contributed by atoms with Crippen LogP contribution in [0.3, 0.4) is 0 Å². The molecule has 0 aliphatic carbocycles. The van der Waals surface area contributed by atoms with Crippen LogP contribution >= 0.6 is 0 Å². The molecule has 0 saturated heterocycles. The second-order valence-electron chi connectivity index (χ2n) is 5.96. The smallest absolute Gasteiger partial charge is 0.343 e. The van der Waals surface area contributed by atoms with Gasteiger partial charge in [-0.25, -0.2) is 9.78 Å². The van der Waals surface area contributed by atoms with Gasteiger partial charge in [-0.2, -0.15) is 5.10 Å². The Balaban J connectivity index is 1.54. The summed E-state index contributed by atoms with van der Waals surface area (Å²) in [5.41, 5.74) is 1.32. The Morgan fingerprint density at radius 2 is 1.93 bits per heavy atom. The van der Waals surface area contributed by atoms with Gasteiger partial charge in [0, 0.05) is 23.5 Å². The van der Waals surface area contributed by atoms with Gasteiger partial charge in [0.15, 0.2) is 23.0 Å². The molecule has 4 aromatic rings. The zero-order valence-corrected chi connectivity index (χ0v) is 15.3. The van der Waals surface area contributed by atoms with Crippen LogP contribution in [-0.4, -0.2) is 43.5 Å². The normalized spacial score (nSPS) is 10.7. The van der Waals surface area contributed by atoms with Gasteiger partial charge >= 0.3 is 5.97 Å². The minimum absolute atomic E-state index is 0.0657. The molecule has 0 radical (unpaired) electrons. The first-order valence-corrected chi connectivity index (χ1v) is 8.58. The summed E-state index contributed by atoms with van der Waals surface area (Å²) in [6, 6.07) is 10.4. The number of aromatic amines is 1. The lowest BCUT2D eigenvalue weighted by Crippen LogP contribution is -2.07. The van der Waals surface area contributed by atoms with Crippen molar-refractivity contribution in [2.75, 3.05) is 12.4 Å². The summed E-state index contributed by atoms with van der Waals surface area (Å²) in [6.45, 7) is 0.187. The van der Waals surface area contributed by atoms with E-state index in [2.05, 4.69) is 30.6 Å². The van der Waals surface area contributed by atoms with Crippen LogP contribution in [0.15, 0.2) is 53.3 Å². The maximum atomic E-state index is 11.8. The van der Waals surface area contributed by atoms with E-state index in [9.17, 15) is 9.90 Å². The number of H-pyrrole nitrogens is 1. The van der Waals surface area contributed by atoms with Crippen molar-refractivity contribution in [1.82, 2.24) is 25.3 Å². The number of methoxy groups -OCH3 is 1. The molecule has 3 heterocycles. The van der Waals surface area contributed by atoms with Crippen LogP contribution in [0.1, 0.15) is 16.2 Å². The number of carbonyl (C=O) groups is 1. The number of aromatic carboxylic acids is 1. The third-order valence-corrected chi connectivity index (χ3v) is 4.15. The third-order valence-electron chi connectivity index (χ3n) is 4.15. The van der Waals surface area contributed by atoms with E-state index in [-0.39, 0.29) is 23.7 Å². The van der Waals surface area contributed by atoms with E-state index in [0.29, 0.717) is 23.0 Å². The average molecular weight is 392 g/mol. The number of nitrogens with zero attached hydrogens (tertiary/aromatic N) is 4. The Kier molecular flexibility index (Phi) is 4.89. The van der Waals surface area contributed by atoms with E-state index in [1.54, 1.807) is 55.9 Å².